The maximum Gasteiger partial charge on any atom is 0.251 e. The van der Waals surface area contributed by atoms with Crippen molar-refractivity contribution >= 4 is 34.4 Å². The first-order valence-electron chi connectivity index (χ1n) is 9.60. The fraction of sp³-hybridized carbons (Fsp3) is 0.304. The van der Waals surface area contributed by atoms with Gasteiger partial charge in [0, 0.05) is 34.2 Å². The number of aromatic nitrogens is 1. The summed E-state index contributed by atoms with van der Waals surface area (Å²) >= 11 is 1.41. The maximum absolute atomic E-state index is 14.6. The molecule has 0 bridgehead atoms. The number of aryl methyl sites for hydroxylation is 1. The zero-order chi connectivity index (χ0) is 21.1. The average Bonchev–Trinajstić information content (AvgIpc) is 2.69. The summed E-state index contributed by atoms with van der Waals surface area (Å²) in [7, 11) is 0. The van der Waals surface area contributed by atoms with Crippen LogP contribution in [-0.2, 0) is 0 Å². The van der Waals surface area contributed by atoms with Crippen LogP contribution in [0.5, 0.6) is 0 Å². The summed E-state index contributed by atoms with van der Waals surface area (Å²) in [5.41, 5.74) is 4.54. The zero-order valence-electron chi connectivity index (χ0n) is 17.3. The summed E-state index contributed by atoms with van der Waals surface area (Å²) < 4.78 is 17.6. The van der Waals surface area contributed by atoms with Gasteiger partial charge in [0.05, 0.1) is 11.6 Å². The second-order valence-corrected chi connectivity index (χ2v) is 8.10. The van der Waals surface area contributed by atoms with Gasteiger partial charge in [-0.1, -0.05) is 31.9 Å². The Labute approximate surface area is 175 Å². The fourth-order valence-corrected chi connectivity index (χ4v) is 3.66. The molecule has 1 atom stereocenters. The van der Waals surface area contributed by atoms with Gasteiger partial charge in [-0.3, -0.25) is 9.78 Å². The third kappa shape index (κ3) is 4.70. The van der Waals surface area contributed by atoms with E-state index < -0.39 is 6.04 Å². The van der Waals surface area contributed by atoms with Gasteiger partial charge in [0.2, 0.25) is 0 Å². The van der Waals surface area contributed by atoms with Crippen LogP contribution in [-0.4, -0.2) is 17.1 Å². The highest BCUT2D eigenvalue weighted by Gasteiger charge is 2.17. The first kappa shape index (κ1) is 21.1. The van der Waals surface area contributed by atoms with Crippen LogP contribution in [0, 0.1) is 12.7 Å². The van der Waals surface area contributed by atoms with E-state index in [1.165, 1.54) is 18.0 Å². The number of nitrogens with zero attached hydrogens (tertiary/aromatic N) is 1. The number of pyridine rings is 1. The number of fused-ring (bicyclic) bond motifs is 1. The quantitative estimate of drug-likeness (QED) is 0.490. The van der Waals surface area contributed by atoms with Crippen LogP contribution in [0.25, 0.3) is 10.9 Å². The third-order valence-electron chi connectivity index (χ3n) is 4.93. The van der Waals surface area contributed by atoms with E-state index in [-0.39, 0.29) is 11.7 Å². The zero-order valence-corrected chi connectivity index (χ0v) is 18.2. The lowest BCUT2D eigenvalue weighted by Crippen LogP contribution is -2.27. The summed E-state index contributed by atoms with van der Waals surface area (Å²) in [6.07, 6.45) is 1.89. The Bertz CT molecular complexity index is 1050. The molecule has 0 aliphatic heterocycles. The van der Waals surface area contributed by atoms with E-state index in [0.29, 0.717) is 17.0 Å². The van der Waals surface area contributed by atoms with E-state index in [2.05, 4.69) is 28.9 Å². The molecule has 0 spiro atoms. The molecule has 29 heavy (non-hydrogen) atoms. The molecule has 1 aromatic heterocycles. The van der Waals surface area contributed by atoms with Crippen molar-refractivity contribution in [1.82, 2.24) is 10.3 Å². The summed E-state index contributed by atoms with van der Waals surface area (Å²) in [5.74, 6) is -0.237. The number of amides is 1. The summed E-state index contributed by atoms with van der Waals surface area (Å²) in [6, 6.07) is 12.2. The van der Waals surface area contributed by atoms with Crippen molar-refractivity contribution in [2.24, 2.45) is 0 Å². The average molecular weight is 412 g/mol. The van der Waals surface area contributed by atoms with Crippen molar-refractivity contribution < 1.29 is 9.18 Å². The molecule has 152 valence electrons. The Hall–Kier alpha value is -2.60. The van der Waals surface area contributed by atoms with Crippen LogP contribution in [0.4, 0.5) is 10.1 Å². The van der Waals surface area contributed by atoms with Crippen LogP contribution in [0.3, 0.4) is 0 Å². The number of halogens is 1. The van der Waals surface area contributed by atoms with Crippen molar-refractivity contribution in [3.8, 4) is 0 Å². The van der Waals surface area contributed by atoms with Crippen molar-refractivity contribution in [2.75, 3.05) is 11.0 Å². The molecule has 0 aliphatic carbocycles. The van der Waals surface area contributed by atoms with Crippen molar-refractivity contribution in [1.29, 1.82) is 0 Å². The number of hydrogen-bond acceptors (Lipinski definition) is 4. The largest absolute Gasteiger partial charge is 0.345 e. The highest BCUT2D eigenvalue weighted by atomic mass is 32.2. The van der Waals surface area contributed by atoms with Crippen LogP contribution < -0.4 is 10.0 Å². The predicted octanol–water partition coefficient (Wildman–Crippen LogP) is 5.99. The summed E-state index contributed by atoms with van der Waals surface area (Å²) in [6.45, 7) is 7.90. The lowest BCUT2D eigenvalue weighted by molar-refractivity contribution is 0.0939. The van der Waals surface area contributed by atoms with Gasteiger partial charge in [0.1, 0.15) is 5.82 Å². The van der Waals surface area contributed by atoms with Gasteiger partial charge in [-0.25, -0.2) is 4.39 Å². The second-order valence-electron chi connectivity index (χ2n) is 7.49. The number of benzene rings is 2. The molecule has 3 aromatic rings. The molecule has 1 heterocycles. The molecule has 1 amide bonds. The number of anilines is 1. The number of carbonyl (C=O) groups excluding carboxylic acids is 1. The predicted molar refractivity (Wildman–Crippen MR) is 120 cm³/mol. The Kier molecular flexibility index (Phi) is 6.42. The standard InChI is InChI=1S/C23H26FN3OS/c1-13(2)20-8-6-16-11-17(7-9-21(16)26-20)23(28)25-15(4)18-10-14(3)22(27-29-5)12-19(18)24/h6-13,15,27H,1-5H3,(H,25,28)/t15-/m1/s1. The van der Waals surface area contributed by atoms with Gasteiger partial charge in [-0.2, -0.15) is 0 Å². The second kappa shape index (κ2) is 8.82. The lowest BCUT2D eigenvalue weighted by Gasteiger charge is -2.18. The van der Waals surface area contributed by atoms with Gasteiger partial charge < -0.3 is 10.0 Å². The first-order valence-corrected chi connectivity index (χ1v) is 10.8. The molecule has 0 saturated carbocycles. The summed E-state index contributed by atoms with van der Waals surface area (Å²) in [5, 5.41) is 3.81. The molecule has 6 heteroatoms. The van der Waals surface area contributed by atoms with Crippen LogP contribution in [0.15, 0.2) is 42.5 Å². The molecule has 4 nitrogen and oxygen atoms in total. The van der Waals surface area contributed by atoms with Gasteiger partial charge in [0.25, 0.3) is 5.91 Å². The minimum absolute atomic E-state index is 0.240. The van der Waals surface area contributed by atoms with Crippen molar-refractivity contribution in [3.05, 3.63) is 70.7 Å². The third-order valence-corrected chi connectivity index (χ3v) is 5.36. The first-order chi connectivity index (χ1) is 13.8. The van der Waals surface area contributed by atoms with E-state index in [0.717, 1.165) is 27.8 Å². The van der Waals surface area contributed by atoms with E-state index in [4.69, 9.17) is 0 Å². The highest BCUT2D eigenvalue weighted by molar-refractivity contribution is 7.99. The molecular formula is C23H26FN3OS. The van der Waals surface area contributed by atoms with Crippen LogP contribution in [0.2, 0.25) is 0 Å². The van der Waals surface area contributed by atoms with Crippen LogP contribution in [0.1, 0.15) is 59.9 Å². The molecule has 0 radical (unpaired) electrons. The highest BCUT2D eigenvalue weighted by Crippen LogP contribution is 2.26. The topological polar surface area (TPSA) is 54.0 Å². The molecular weight excluding hydrogens is 385 g/mol. The molecule has 0 saturated heterocycles. The molecule has 3 rings (SSSR count). The maximum atomic E-state index is 14.6. The molecule has 0 unspecified atom stereocenters. The molecule has 0 aliphatic rings. The van der Waals surface area contributed by atoms with E-state index in [1.807, 2.05) is 37.4 Å². The van der Waals surface area contributed by atoms with E-state index in [9.17, 15) is 9.18 Å². The van der Waals surface area contributed by atoms with Crippen LogP contribution >= 0.6 is 11.9 Å². The minimum atomic E-state index is -0.457. The smallest absolute Gasteiger partial charge is 0.251 e. The molecule has 2 N–H and O–H groups in total. The Morgan fingerprint density at radius 2 is 1.86 bits per heavy atom. The number of rotatable bonds is 6. The lowest BCUT2D eigenvalue weighted by atomic mass is 10.0. The Morgan fingerprint density at radius 1 is 1.10 bits per heavy atom. The number of hydrogen-bond donors (Lipinski definition) is 2. The summed E-state index contributed by atoms with van der Waals surface area (Å²) in [4.78, 5) is 17.4. The fourth-order valence-electron chi connectivity index (χ4n) is 3.22. The SMILES string of the molecule is CSNc1cc(F)c([C@@H](C)NC(=O)c2ccc3nc(C(C)C)ccc3c2)cc1C. The molecule has 2 aromatic carbocycles. The Morgan fingerprint density at radius 3 is 2.55 bits per heavy atom. The minimum Gasteiger partial charge on any atom is -0.345 e. The molecule has 0 fully saturated rings. The van der Waals surface area contributed by atoms with Gasteiger partial charge in [0.15, 0.2) is 0 Å². The van der Waals surface area contributed by atoms with Crippen molar-refractivity contribution in [3.63, 3.8) is 0 Å². The Balaban J connectivity index is 1.80. The number of carbonyl (C=O) groups is 1. The van der Waals surface area contributed by atoms with Gasteiger partial charge in [-0.15, -0.1) is 0 Å². The van der Waals surface area contributed by atoms with Crippen molar-refractivity contribution in [2.45, 2.75) is 39.7 Å². The normalized spacial score (nSPS) is 12.2. The number of nitrogens with one attached hydrogen (secondary N) is 2. The van der Waals surface area contributed by atoms with Gasteiger partial charge in [-0.05, 0) is 61.7 Å². The monoisotopic (exact) mass is 411 g/mol. The van der Waals surface area contributed by atoms with Gasteiger partial charge >= 0.3 is 0 Å². The van der Waals surface area contributed by atoms with E-state index in [1.54, 1.807) is 19.1 Å². The van der Waals surface area contributed by atoms with E-state index >= 15 is 0 Å².